The van der Waals surface area contributed by atoms with Crippen molar-refractivity contribution in [1.29, 1.82) is 0 Å². The average Bonchev–Trinajstić information content (AvgIpc) is 3.95. The number of ketones is 1. The smallest absolute Gasteiger partial charge is 0.290 e. The Morgan fingerprint density at radius 1 is 0.954 bits per heavy atom. The van der Waals surface area contributed by atoms with Gasteiger partial charge in [-0.2, -0.15) is 0 Å². The van der Waals surface area contributed by atoms with Gasteiger partial charge in [-0.15, -0.1) is 11.3 Å². The Bertz CT molecular complexity index is 2230. The van der Waals surface area contributed by atoms with E-state index in [1.807, 2.05) is 24.3 Å². The molecule has 0 spiro atoms. The van der Waals surface area contributed by atoms with Gasteiger partial charge in [0.15, 0.2) is 0 Å². The fraction of sp³-hybridized carbons (Fsp3) is 0.488. The van der Waals surface area contributed by atoms with Gasteiger partial charge in [0.1, 0.15) is 41.3 Å². The molecule has 8 amide bonds. The molecule has 1 aliphatic heterocycles. The molecule has 2 aromatic heterocycles. The van der Waals surface area contributed by atoms with Crippen molar-refractivity contribution in [2.45, 2.75) is 96.2 Å². The van der Waals surface area contributed by atoms with E-state index < -0.39 is 114 Å². The number of para-hydroxylation sites is 1. The molecular weight excluding hydrogens is 865 g/mol. The molecule has 0 saturated carbocycles. The van der Waals surface area contributed by atoms with Crippen molar-refractivity contribution in [2.75, 3.05) is 26.8 Å². The summed E-state index contributed by atoms with van der Waals surface area (Å²) in [4.78, 5) is 128. The van der Waals surface area contributed by atoms with Crippen LogP contribution in [-0.4, -0.2) is 132 Å². The minimum Gasteiger partial charge on any atom is -0.382 e. The number of fused-ring (bicyclic) bond motifs is 3. The Hall–Kier alpha value is -6.52. The average molecular weight is 923 g/mol. The maximum absolute atomic E-state index is 14.1. The number of benzene rings is 1. The van der Waals surface area contributed by atoms with Crippen molar-refractivity contribution in [2.24, 2.45) is 11.8 Å². The molecule has 0 aliphatic carbocycles. The number of methoxy groups -OCH3 is 1. The second-order valence-electron chi connectivity index (χ2n) is 15.7. The summed E-state index contributed by atoms with van der Waals surface area (Å²) in [5.74, 6) is -8.25. The molecule has 65 heavy (non-hydrogen) atoms. The van der Waals surface area contributed by atoms with Gasteiger partial charge in [-0.05, 0) is 36.5 Å². The van der Waals surface area contributed by atoms with Gasteiger partial charge in [-0.1, -0.05) is 58.7 Å². The van der Waals surface area contributed by atoms with Crippen LogP contribution in [0.1, 0.15) is 69.8 Å². The molecule has 9 atom stereocenters. The Morgan fingerprint density at radius 3 is 2.38 bits per heavy atom. The summed E-state index contributed by atoms with van der Waals surface area (Å²) in [6.07, 6.45) is 3.53. The highest BCUT2D eigenvalue weighted by Gasteiger charge is 2.36. The molecule has 352 valence electrons. The van der Waals surface area contributed by atoms with E-state index in [2.05, 4.69) is 52.5 Å². The number of aromatic amines is 1. The molecule has 3 heterocycles. The van der Waals surface area contributed by atoms with E-state index in [4.69, 9.17) is 4.74 Å². The topological polar surface area (TPSA) is 308 Å². The molecule has 2 bridgehead atoms. The lowest BCUT2D eigenvalue weighted by Gasteiger charge is -2.29. The van der Waals surface area contributed by atoms with Crippen molar-refractivity contribution < 1.29 is 53.0 Å². The molecule has 10 N–H and O–H groups in total. The molecule has 3 aromatic rings. The number of Topliss-reactive ketones (excluding diaryl/α,β-unsaturated/α-hetero) is 1. The number of amides is 8. The first-order valence-corrected chi connectivity index (χ1v) is 22.1. The van der Waals surface area contributed by atoms with Crippen LogP contribution >= 0.6 is 11.3 Å². The van der Waals surface area contributed by atoms with Crippen molar-refractivity contribution in [3.63, 3.8) is 0 Å². The third kappa shape index (κ3) is 14.2. The van der Waals surface area contributed by atoms with Crippen LogP contribution in [0.25, 0.3) is 17.0 Å². The number of nitrogens with zero attached hydrogens (tertiary/aromatic N) is 1. The van der Waals surface area contributed by atoms with Crippen LogP contribution in [0.3, 0.4) is 0 Å². The van der Waals surface area contributed by atoms with Crippen LogP contribution in [0.5, 0.6) is 0 Å². The van der Waals surface area contributed by atoms with Crippen LogP contribution in [-0.2, 0) is 54.3 Å². The molecule has 1 aromatic carbocycles. The van der Waals surface area contributed by atoms with Gasteiger partial charge < -0.3 is 57.4 Å². The monoisotopic (exact) mass is 922 g/mol. The number of rotatable bonds is 15. The summed E-state index contributed by atoms with van der Waals surface area (Å²) < 4.78 is 5.30. The quantitative estimate of drug-likeness (QED) is 0.0651. The highest BCUT2D eigenvalue weighted by molar-refractivity contribution is 7.09. The SMILES string of the molecule is CCC(C)[C@H](NC(=O)[C@H](O)CNC=O)C(=O)N[C@H]1CNC(=O)[C@H](Cc2c[nH]c3ccccc23)NC(=O)/C=C/c2csc(n2)[C@H](COC)NC(=O)C(=O)[C@@H](C(C)CC)NC(=O)[C@H](C)NC1=O. The molecule has 0 radical (unpaired) electrons. The van der Waals surface area contributed by atoms with E-state index in [1.54, 1.807) is 39.3 Å². The number of aliphatic hydroxyl groups is 1. The van der Waals surface area contributed by atoms with E-state index in [0.717, 1.165) is 22.2 Å². The highest BCUT2D eigenvalue weighted by Crippen LogP contribution is 2.22. The summed E-state index contributed by atoms with van der Waals surface area (Å²) in [7, 11) is 1.40. The van der Waals surface area contributed by atoms with Gasteiger partial charge in [-0.3, -0.25) is 43.2 Å². The number of hydrogen-bond acceptors (Lipinski definition) is 13. The largest absolute Gasteiger partial charge is 0.382 e. The van der Waals surface area contributed by atoms with Crippen LogP contribution < -0.4 is 42.5 Å². The third-order valence-corrected chi connectivity index (χ3v) is 12.0. The molecule has 22 heteroatoms. The molecule has 4 rings (SSSR count). The van der Waals surface area contributed by atoms with Gasteiger partial charge in [0.25, 0.3) is 11.8 Å². The summed E-state index contributed by atoms with van der Waals surface area (Å²) >= 11 is 1.14. The molecule has 1 aliphatic rings. The van der Waals surface area contributed by atoms with Crippen LogP contribution in [0.2, 0.25) is 0 Å². The van der Waals surface area contributed by atoms with Gasteiger partial charge in [0.2, 0.25) is 41.7 Å². The minimum absolute atomic E-state index is 0.0193. The number of hydrogen-bond donors (Lipinski definition) is 10. The van der Waals surface area contributed by atoms with Gasteiger partial charge in [0.05, 0.1) is 24.9 Å². The van der Waals surface area contributed by atoms with Crippen LogP contribution in [0.15, 0.2) is 41.9 Å². The second-order valence-corrected chi connectivity index (χ2v) is 16.6. The molecule has 2 unspecified atom stereocenters. The Morgan fingerprint density at radius 2 is 1.69 bits per heavy atom. The first-order chi connectivity index (χ1) is 31.0. The van der Waals surface area contributed by atoms with E-state index in [0.29, 0.717) is 29.1 Å². The van der Waals surface area contributed by atoms with Gasteiger partial charge >= 0.3 is 0 Å². The highest BCUT2D eigenvalue weighted by atomic mass is 32.1. The van der Waals surface area contributed by atoms with E-state index in [-0.39, 0.29) is 19.4 Å². The zero-order valence-electron chi connectivity index (χ0n) is 37.0. The van der Waals surface area contributed by atoms with Crippen molar-refractivity contribution >= 4 is 81.9 Å². The number of H-pyrrole nitrogens is 1. The third-order valence-electron chi connectivity index (χ3n) is 11.0. The van der Waals surface area contributed by atoms with E-state index in [1.165, 1.54) is 26.2 Å². The number of aromatic nitrogens is 2. The summed E-state index contributed by atoms with van der Waals surface area (Å²) in [5.41, 5.74) is 1.78. The number of carbonyl (C=O) groups is 9. The normalized spacial score (nSPS) is 22.8. The Kier molecular flexibility index (Phi) is 19.3. The lowest BCUT2D eigenvalue weighted by atomic mass is 9.94. The fourth-order valence-electron chi connectivity index (χ4n) is 6.72. The van der Waals surface area contributed by atoms with E-state index >= 15 is 0 Å². The van der Waals surface area contributed by atoms with Crippen molar-refractivity contribution in [1.82, 2.24) is 52.5 Å². The molecule has 0 saturated heterocycles. The number of nitrogens with one attached hydrogen (secondary N) is 9. The number of carbonyl (C=O) groups excluding carboxylic acids is 9. The number of aliphatic hydroxyl groups excluding tert-OH is 1. The van der Waals surface area contributed by atoms with Crippen LogP contribution in [0, 0.1) is 11.8 Å². The maximum Gasteiger partial charge on any atom is 0.290 e. The lowest BCUT2D eigenvalue weighted by molar-refractivity contribution is -0.142. The number of thiazole rings is 1. The predicted octanol–water partition coefficient (Wildman–Crippen LogP) is -0.974. The Labute approximate surface area is 379 Å². The second kappa shape index (κ2) is 24.5. The van der Waals surface area contributed by atoms with Gasteiger partial charge in [0, 0.05) is 48.6 Å². The standard InChI is InChI=1S/C43H58N10O11S/c1-7-22(3)34-36(57)42(63)51-31(19-64-6)43-48-26(20-65-43)13-14-33(56)49-29(15-25-16-45-28-12-10-9-11-27(25)28)38(59)46-17-30(39(60)47-24(5)37(58)52-34)50-41(62)35(23(4)8-2)53-40(61)32(55)18-44-21-54/h9-14,16,20-24,29-32,34-35,45,55H,7-8,15,17-19H2,1-6H3,(H,44,54)(H,46,59)(H,47,60)(H,49,56)(H,50,62)(H,51,63)(H,52,58)(H,53,61)/b14-13+/t22?,23?,24-,29-,30-,31-,32+,34+,35-/m0/s1. The lowest BCUT2D eigenvalue weighted by Crippen LogP contribution is -2.62. The first kappa shape index (κ1) is 51.1. The molecular formula is C43H58N10O11S. The Balaban J connectivity index is 1.74. The minimum atomic E-state index is -1.72. The van der Waals surface area contributed by atoms with Gasteiger partial charge in [-0.25, -0.2) is 4.98 Å². The van der Waals surface area contributed by atoms with Crippen LogP contribution in [0.4, 0.5) is 0 Å². The molecule has 0 fully saturated rings. The van der Waals surface area contributed by atoms with E-state index in [9.17, 15) is 48.3 Å². The zero-order valence-corrected chi connectivity index (χ0v) is 37.8. The first-order valence-electron chi connectivity index (χ1n) is 21.2. The molecule has 21 nitrogen and oxygen atoms in total. The predicted molar refractivity (Wildman–Crippen MR) is 238 cm³/mol. The fourth-order valence-corrected chi connectivity index (χ4v) is 7.54. The van der Waals surface area contributed by atoms with Crippen molar-refractivity contribution in [3.8, 4) is 0 Å². The summed E-state index contributed by atoms with van der Waals surface area (Å²) in [6, 6.07) is -0.464. The number of ether oxygens (including phenoxy) is 1. The summed E-state index contributed by atoms with van der Waals surface area (Å²) in [6.45, 7) is 7.00. The summed E-state index contributed by atoms with van der Waals surface area (Å²) in [5, 5.41) is 33.3. The zero-order chi connectivity index (χ0) is 47.8. The maximum atomic E-state index is 14.1. The van der Waals surface area contributed by atoms with Crippen molar-refractivity contribution in [3.05, 3.63) is 58.2 Å².